The number of rotatable bonds is 9. The van der Waals surface area contributed by atoms with Crippen molar-refractivity contribution in [2.75, 3.05) is 38.0 Å². The lowest BCUT2D eigenvalue weighted by atomic mass is 9.90. The van der Waals surface area contributed by atoms with Crippen molar-refractivity contribution in [1.29, 1.82) is 0 Å². The Morgan fingerprint density at radius 3 is 2.18 bits per heavy atom. The van der Waals surface area contributed by atoms with E-state index in [9.17, 15) is 18.0 Å². The van der Waals surface area contributed by atoms with Crippen molar-refractivity contribution < 1.29 is 18.0 Å². The number of amides is 1. The third-order valence-electron chi connectivity index (χ3n) is 7.32. The van der Waals surface area contributed by atoms with Crippen molar-refractivity contribution in [1.82, 2.24) is 9.80 Å². The van der Waals surface area contributed by atoms with E-state index >= 15 is 0 Å². The quantitative estimate of drug-likeness (QED) is 0.313. The van der Waals surface area contributed by atoms with Gasteiger partial charge in [-0.3, -0.25) is 4.79 Å². The molecule has 1 N–H and O–H groups in total. The fraction of sp³-hybridized carbons (Fsp3) is 0.552. The van der Waals surface area contributed by atoms with Crippen LogP contribution in [0.4, 0.5) is 18.9 Å². The van der Waals surface area contributed by atoms with Gasteiger partial charge in [-0.2, -0.15) is 13.2 Å². The molecule has 2 heterocycles. The van der Waals surface area contributed by atoms with Gasteiger partial charge in [0.15, 0.2) is 0 Å². The molecular weight excluding hydrogens is 531 g/mol. The lowest BCUT2D eigenvalue weighted by Gasteiger charge is -2.34. The van der Waals surface area contributed by atoms with Crippen molar-refractivity contribution in [2.45, 2.75) is 68.8 Å². The van der Waals surface area contributed by atoms with Crippen LogP contribution in [0.3, 0.4) is 0 Å². The van der Waals surface area contributed by atoms with Crippen molar-refractivity contribution >= 4 is 35.0 Å². The molecule has 2 aliphatic rings. The van der Waals surface area contributed by atoms with Gasteiger partial charge in [-0.05, 0) is 118 Å². The normalized spacial score (nSPS) is 17.7. The Morgan fingerprint density at radius 2 is 1.58 bits per heavy atom. The SMILES string of the molecule is C.O=C(CCCN1CCC(Cc2ccc(Cl)cc2)CC1)N1CCC(Nc2ccc(SC(F)(F)F)cc2)CC1. The molecule has 0 unspecified atom stereocenters. The number of nitrogens with zero attached hydrogens (tertiary/aromatic N) is 2. The number of anilines is 1. The van der Waals surface area contributed by atoms with Gasteiger partial charge < -0.3 is 15.1 Å². The average molecular weight is 570 g/mol. The van der Waals surface area contributed by atoms with E-state index in [1.807, 2.05) is 17.0 Å². The highest BCUT2D eigenvalue weighted by Crippen LogP contribution is 2.37. The van der Waals surface area contributed by atoms with E-state index in [1.54, 1.807) is 12.1 Å². The summed E-state index contributed by atoms with van der Waals surface area (Å²) in [7, 11) is 0. The number of alkyl halides is 3. The number of hydrogen-bond donors (Lipinski definition) is 1. The molecule has 4 rings (SSSR count). The van der Waals surface area contributed by atoms with Gasteiger partial charge >= 0.3 is 5.51 Å². The molecule has 2 fully saturated rings. The fourth-order valence-electron chi connectivity index (χ4n) is 5.24. The number of likely N-dealkylation sites (tertiary alicyclic amines) is 2. The van der Waals surface area contributed by atoms with E-state index in [0.717, 1.165) is 56.0 Å². The van der Waals surface area contributed by atoms with Crippen molar-refractivity contribution in [2.24, 2.45) is 5.92 Å². The molecule has 1 amide bonds. The molecule has 2 saturated heterocycles. The minimum absolute atomic E-state index is 0. The maximum absolute atomic E-state index is 12.7. The molecule has 0 radical (unpaired) electrons. The van der Waals surface area contributed by atoms with Crippen LogP contribution in [0.1, 0.15) is 51.5 Å². The topological polar surface area (TPSA) is 35.6 Å². The third kappa shape index (κ3) is 10.0. The first kappa shape index (κ1) is 30.6. The summed E-state index contributed by atoms with van der Waals surface area (Å²) < 4.78 is 37.5. The van der Waals surface area contributed by atoms with Gasteiger partial charge in [-0.1, -0.05) is 31.2 Å². The molecule has 9 heteroatoms. The van der Waals surface area contributed by atoms with Gasteiger partial charge in [0.2, 0.25) is 5.91 Å². The van der Waals surface area contributed by atoms with Crippen LogP contribution in [0, 0.1) is 5.92 Å². The molecule has 2 aromatic carbocycles. The number of halogens is 4. The van der Waals surface area contributed by atoms with Crippen LogP contribution in [-0.2, 0) is 11.2 Å². The van der Waals surface area contributed by atoms with Crippen LogP contribution in [0.25, 0.3) is 0 Å². The summed E-state index contributed by atoms with van der Waals surface area (Å²) in [5.41, 5.74) is -2.11. The smallest absolute Gasteiger partial charge is 0.382 e. The Labute approximate surface area is 234 Å². The van der Waals surface area contributed by atoms with E-state index in [1.165, 1.54) is 30.5 Å². The number of nitrogens with one attached hydrogen (secondary N) is 1. The summed E-state index contributed by atoms with van der Waals surface area (Å²) in [6.45, 7) is 4.60. The fourth-order valence-corrected chi connectivity index (χ4v) is 5.91. The molecular formula is C29H39ClF3N3OS. The maximum Gasteiger partial charge on any atom is 0.446 e. The molecule has 210 valence electrons. The Kier molecular flexibility index (Phi) is 11.7. The number of hydrogen-bond acceptors (Lipinski definition) is 4. The number of carbonyl (C=O) groups excluding carboxylic acids is 1. The molecule has 0 aliphatic carbocycles. The van der Waals surface area contributed by atoms with E-state index in [0.29, 0.717) is 25.4 Å². The summed E-state index contributed by atoms with van der Waals surface area (Å²) in [5, 5.41) is 4.18. The van der Waals surface area contributed by atoms with Gasteiger partial charge in [0, 0.05) is 41.2 Å². The predicted octanol–water partition coefficient (Wildman–Crippen LogP) is 7.73. The zero-order chi connectivity index (χ0) is 26.3. The number of thioether (sulfide) groups is 1. The largest absolute Gasteiger partial charge is 0.446 e. The molecule has 0 aromatic heterocycles. The number of piperidine rings is 2. The highest BCUT2D eigenvalue weighted by Gasteiger charge is 2.29. The van der Waals surface area contributed by atoms with Crippen LogP contribution < -0.4 is 5.32 Å². The standard InChI is InChI=1S/C28H35ClF3N3OS.CH4/c29-23-5-3-21(4-6-23)20-22-11-16-34(17-12-22)15-1-2-27(36)35-18-13-25(14-19-35)33-24-7-9-26(10-8-24)37-28(30,31)32;/h3-10,22,25,33H,1-2,11-20H2;1H4. The molecule has 0 atom stereocenters. The summed E-state index contributed by atoms with van der Waals surface area (Å²) in [4.78, 5) is 17.3. The van der Waals surface area contributed by atoms with Crippen molar-refractivity contribution in [3.63, 3.8) is 0 Å². The Morgan fingerprint density at radius 1 is 0.947 bits per heavy atom. The van der Waals surface area contributed by atoms with Gasteiger partial charge in [0.05, 0.1) is 0 Å². The zero-order valence-electron chi connectivity index (χ0n) is 21.0. The van der Waals surface area contributed by atoms with Crippen LogP contribution in [0.5, 0.6) is 0 Å². The molecule has 2 aromatic rings. The molecule has 0 spiro atoms. The van der Waals surface area contributed by atoms with E-state index in [-0.39, 0.29) is 36.0 Å². The minimum Gasteiger partial charge on any atom is -0.382 e. The monoisotopic (exact) mass is 569 g/mol. The second-order valence-corrected chi connectivity index (χ2v) is 11.7. The van der Waals surface area contributed by atoms with E-state index < -0.39 is 5.51 Å². The van der Waals surface area contributed by atoms with Crippen LogP contribution >= 0.6 is 23.4 Å². The maximum atomic E-state index is 12.7. The Hall–Kier alpha value is -1.90. The molecule has 2 aliphatic heterocycles. The zero-order valence-corrected chi connectivity index (χ0v) is 22.6. The molecule has 0 bridgehead atoms. The van der Waals surface area contributed by atoms with Gasteiger partial charge in [-0.15, -0.1) is 0 Å². The van der Waals surface area contributed by atoms with Crippen molar-refractivity contribution in [3.05, 3.63) is 59.1 Å². The lowest BCUT2D eigenvalue weighted by molar-refractivity contribution is -0.132. The molecule has 4 nitrogen and oxygen atoms in total. The summed E-state index contributed by atoms with van der Waals surface area (Å²) in [5.74, 6) is 0.940. The van der Waals surface area contributed by atoms with Crippen LogP contribution in [-0.4, -0.2) is 60.0 Å². The molecule has 0 saturated carbocycles. The first-order valence-corrected chi connectivity index (χ1v) is 14.3. The lowest BCUT2D eigenvalue weighted by Crippen LogP contribution is -2.42. The number of benzene rings is 2. The first-order valence-electron chi connectivity index (χ1n) is 13.1. The highest BCUT2D eigenvalue weighted by atomic mass is 35.5. The van der Waals surface area contributed by atoms with Crippen molar-refractivity contribution in [3.8, 4) is 0 Å². The Bertz CT molecular complexity index is 988. The second kappa shape index (κ2) is 14.5. The van der Waals surface area contributed by atoms with E-state index in [4.69, 9.17) is 11.6 Å². The number of carbonyl (C=O) groups is 1. The van der Waals surface area contributed by atoms with Gasteiger partial charge in [-0.25, -0.2) is 0 Å². The predicted molar refractivity (Wildman–Crippen MR) is 152 cm³/mol. The summed E-state index contributed by atoms with van der Waals surface area (Å²) >= 11 is 5.88. The average Bonchev–Trinajstić information content (AvgIpc) is 2.87. The van der Waals surface area contributed by atoms with Gasteiger partial charge in [0.25, 0.3) is 0 Å². The Balaban J connectivity index is 0.00000400. The third-order valence-corrected chi connectivity index (χ3v) is 8.31. The van der Waals surface area contributed by atoms with Crippen LogP contribution in [0.2, 0.25) is 5.02 Å². The second-order valence-electron chi connectivity index (χ2n) is 10.1. The van der Waals surface area contributed by atoms with Gasteiger partial charge in [0.1, 0.15) is 0 Å². The summed E-state index contributed by atoms with van der Waals surface area (Å²) in [6.07, 6.45) is 6.65. The highest BCUT2D eigenvalue weighted by molar-refractivity contribution is 8.00. The van der Waals surface area contributed by atoms with Crippen LogP contribution in [0.15, 0.2) is 53.4 Å². The van der Waals surface area contributed by atoms with E-state index in [2.05, 4.69) is 22.3 Å². The minimum atomic E-state index is -4.27. The molecule has 38 heavy (non-hydrogen) atoms. The summed E-state index contributed by atoms with van der Waals surface area (Å²) in [6, 6.07) is 14.7. The first-order chi connectivity index (χ1) is 17.7.